The molecule has 5 heteroatoms. The minimum Gasteiger partial charge on any atom is -0.488 e. The Morgan fingerprint density at radius 1 is 1.29 bits per heavy atom. The topological polar surface area (TPSA) is 34.1 Å². The molecule has 0 radical (unpaired) electrons. The summed E-state index contributed by atoms with van der Waals surface area (Å²) in [6.07, 6.45) is 1.14. The number of rotatable bonds is 3. The number of anilines is 1. The first-order valence-electron chi connectivity index (χ1n) is 6.82. The molecular formula is C16H13BrN2OS. The van der Waals surface area contributed by atoms with Crippen molar-refractivity contribution in [3.8, 4) is 5.75 Å². The molecule has 21 heavy (non-hydrogen) atoms. The fraction of sp³-hybridized carbons (Fsp3) is 0.188. The quantitative estimate of drug-likeness (QED) is 0.747. The molecule has 4 rings (SSSR count). The van der Waals surface area contributed by atoms with Gasteiger partial charge in [0.25, 0.3) is 0 Å². The number of ether oxygens (including phenoxy) is 1. The maximum absolute atomic E-state index is 5.93. The number of thiazole rings is 1. The second-order valence-electron chi connectivity index (χ2n) is 5.06. The van der Waals surface area contributed by atoms with Crippen molar-refractivity contribution < 1.29 is 4.74 Å². The van der Waals surface area contributed by atoms with Crippen LogP contribution in [0.5, 0.6) is 5.75 Å². The van der Waals surface area contributed by atoms with Crippen LogP contribution in [0.1, 0.15) is 5.56 Å². The van der Waals surface area contributed by atoms with Crippen molar-refractivity contribution in [2.45, 2.75) is 12.5 Å². The van der Waals surface area contributed by atoms with Gasteiger partial charge in [0.05, 0.1) is 16.8 Å². The number of nitrogens with zero attached hydrogens (tertiary/aromatic N) is 1. The number of benzene rings is 2. The van der Waals surface area contributed by atoms with Gasteiger partial charge in [-0.15, -0.1) is 0 Å². The average Bonchev–Trinajstić information content (AvgIpc) is 3.07. The first kappa shape index (κ1) is 13.1. The number of halogens is 1. The minimum atomic E-state index is 0.182. The highest BCUT2D eigenvalue weighted by Crippen LogP contribution is 2.30. The molecule has 0 bridgehead atoms. The summed E-state index contributed by atoms with van der Waals surface area (Å²) in [5.41, 5.74) is 2.31. The fourth-order valence-corrected chi connectivity index (χ4v) is 3.75. The number of nitrogens with one attached hydrogen (secondary N) is 1. The van der Waals surface area contributed by atoms with Crippen molar-refractivity contribution in [1.29, 1.82) is 0 Å². The number of para-hydroxylation sites is 1. The van der Waals surface area contributed by atoms with Crippen LogP contribution in [0.4, 0.5) is 5.13 Å². The van der Waals surface area contributed by atoms with Gasteiger partial charge in [-0.1, -0.05) is 45.5 Å². The third-order valence-electron chi connectivity index (χ3n) is 3.54. The Hall–Kier alpha value is -1.59. The van der Waals surface area contributed by atoms with E-state index in [1.807, 2.05) is 24.3 Å². The summed E-state index contributed by atoms with van der Waals surface area (Å²) in [6.45, 7) is 0.773. The molecule has 1 aromatic heterocycles. The van der Waals surface area contributed by atoms with Gasteiger partial charge in [0, 0.05) is 10.9 Å². The molecule has 3 nitrogen and oxygen atoms in total. The summed E-state index contributed by atoms with van der Waals surface area (Å²) in [4.78, 5) is 4.61. The molecular weight excluding hydrogens is 348 g/mol. The van der Waals surface area contributed by atoms with Gasteiger partial charge in [-0.25, -0.2) is 4.98 Å². The molecule has 106 valence electrons. The predicted molar refractivity (Wildman–Crippen MR) is 90.4 cm³/mol. The Morgan fingerprint density at radius 2 is 2.19 bits per heavy atom. The largest absolute Gasteiger partial charge is 0.488 e. The van der Waals surface area contributed by atoms with Crippen molar-refractivity contribution in [3.05, 3.63) is 52.5 Å². The second-order valence-corrected chi connectivity index (χ2v) is 7.01. The van der Waals surface area contributed by atoms with Crippen molar-refractivity contribution in [3.63, 3.8) is 0 Å². The van der Waals surface area contributed by atoms with E-state index in [1.165, 1.54) is 10.3 Å². The van der Waals surface area contributed by atoms with Crippen LogP contribution in [0.15, 0.2) is 46.9 Å². The van der Waals surface area contributed by atoms with E-state index < -0.39 is 0 Å². The Bertz CT molecular complexity index is 777. The highest BCUT2D eigenvalue weighted by atomic mass is 79.9. The Labute approximate surface area is 135 Å². The van der Waals surface area contributed by atoms with Gasteiger partial charge in [-0.05, 0) is 29.8 Å². The molecule has 0 saturated heterocycles. The van der Waals surface area contributed by atoms with E-state index in [-0.39, 0.29) is 6.10 Å². The summed E-state index contributed by atoms with van der Waals surface area (Å²) in [7, 11) is 0. The molecule has 0 amide bonds. The summed E-state index contributed by atoms with van der Waals surface area (Å²) in [6, 6.07) is 14.4. The average molecular weight is 361 g/mol. The van der Waals surface area contributed by atoms with E-state index in [9.17, 15) is 0 Å². The molecule has 3 aromatic rings. The Morgan fingerprint density at radius 3 is 3.10 bits per heavy atom. The molecule has 1 aliphatic heterocycles. The van der Waals surface area contributed by atoms with E-state index >= 15 is 0 Å². The standard InChI is InChI=1S/C16H13BrN2OS/c17-11-5-6-15-13(8-11)19-16(21-15)18-9-12-7-10-3-1-2-4-14(10)20-12/h1-6,8,12H,7,9H2,(H,18,19). The molecule has 0 fully saturated rings. The highest BCUT2D eigenvalue weighted by Gasteiger charge is 2.22. The van der Waals surface area contributed by atoms with Crippen molar-refractivity contribution in [2.24, 2.45) is 0 Å². The molecule has 2 aromatic carbocycles. The van der Waals surface area contributed by atoms with E-state index in [4.69, 9.17) is 4.74 Å². The van der Waals surface area contributed by atoms with Crippen LogP contribution in [0.25, 0.3) is 10.2 Å². The Kier molecular flexibility index (Phi) is 3.31. The Balaban J connectivity index is 1.45. The molecule has 1 unspecified atom stereocenters. The zero-order valence-electron chi connectivity index (χ0n) is 11.2. The van der Waals surface area contributed by atoms with Gasteiger partial charge in [-0.3, -0.25) is 0 Å². The molecule has 1 aliphatic rings. The minimum absolute atomic E-state index is 0.182. The zero-order chi connectivity index (χ0) is 14.2. The monoisotopic (exact) mass is 360 g/mol. The fourth-order valence-electron chi connectivity index (χ4n) is 2.55. The van der Waals surface area contributed by atoms with Crippen LogP contribution in [0.3, 0.4) is 0 Å². The van der Waals surface area contributed by atoms with Crippen molar-refractivity contribution in [2.75, 3.05) is 11.9 Å². The van der Waals surface area contributed by atoms with Crippen LogP contribution < -0.4 is 10.1 Å². The van der Waals surface area contributed by atoms with Crippen LogP contribution >= 0.6 is 27.3 Å². The van der Waals surface area contributed by atoms with Crippen LogP contribution in [-0.2, 0) is 6.42 Å². The molecule has 1 N–H and O–H groups in total. The highest BCUT2D eigenvalue weighted by molar-refractivity contribution is 9.10. The lowest BCUT2D eigenvalue weighted by Crippen LogP contribution is -2.23. The molecule has 0 spiro atoms. The van der Waals surface area contributed by atoms with Gasteiger partial charge < -0.3 is 10.1 Å². The third kappa shape index (κ3) is 2.63. The van der Waals surface area contributed by atoms with Crippen molar-refractivity contribution >= 4 is 42.6 Å². The maximum Gasteiger partial charge on any atom is 0.183 e. The molecule has 2 heterocycles. The SMILES string of the molecule is Brc1ccc2sc(NCC3Cc4ccccc4O3)nc2c1. The summed E-state index contributed by atoms with van der Waals surface area (Å²) in [5, 5.41) is 4.34. The number of fused-ring (bicyclic) bond motifs is 2. The lowest BCUT2D eigenvalue weighted by Gasteiger charge is -2.10. The summed E-state index contributed by atoms with van der Waals surface area (Å²) >= 11 is 5.15. The predicted octanol–water partition coefficient (Wildman–Crippen LogP) is 4.47. The van der Waals surface area contributed by atoms with Crippen molar-refractivity contribution in [1.82, 2.24) is 4.98 Å². The van der Waals surface area contributed by atoms with Gasteiger partial charge in [0.15, 0.2) is 5.13 Å². The first-order chi connectivity index (χ1) is 10.3. The van der Waals surface area contributed by atoms with E-state index in [2.05, 4.69) is 44.4 Å². The van der Waals surface area contributed by atoms with Gasteiger partial charge >= 0.3 is 0 Å². The first-order valence-corrected chi connectivity index (χ1v) is 8.43. The lowest BCUT2D eigenvalue weighted by atomic mass is 10.1. The molecule has 1 atom stereocenters. The van der Waals surface area contributed by atoms with Crippen LogP contribution in [0, 0.1) is 0 Å². The lowest BCUT2D eigenvalue weighted by molar-refractivity contribution is 0.246. The molecule has 0 aliphatic carbocycles. The summed E-state index contributed by atoms with van der Waals surface area (Å²) < 4.78 is 8.18. The van der Waals surface area contributed by atoms with Gasteiger partial charge in [0.2, 0.25) is 0 Å². The van der Waals surface area contributed by atoms with Gasteiger partial charge in [0.1, 0.15) is 11.9 Å². The number of hydrogen-bond donors (Lipinski definition) is 1. The number of aromatic nitrogens is 1. The van der Waals surface area contributed by atoms with Crippen LogP contribution in [0.2, 0.25) is 0 Å². The van der Waals surface area contributed by atoms with Gasteiger partial charge in [-0.2, -0.15) is 0 Å². The maximum atomic E-state index is 5.93. The van der Waals surface area contributed by atoms with Crippen LogP contribution in [-0.4, -0.2) is 17.6 Å². The second kappa shape index (κ2) is 5.31. The van der Waals surface area contributed by atoms with E-state index in [0.717, 1.165) is 33.8 Å². The third-order valence-corrected chi connectivity index (χ3v) is 5.03. The normalized spacial score (nSPS) is 16.7. The molecule has 0 saturated carbocycles. The van der Waals surface area contributed by atoms with E-state index in [1.54, 1.807) is 11.3 Å². The smallest absolute Gasteiger partial charge is 0.183 e. The number of hydrogen-bond acceptors (Lipinski definition) is 4. The van der Waals surface area contributed by atoms with E-state index in [0.29, 0.717) is 0 Å². The zero-order valence-corrected chi connectivity index (χ0v) is 13.6. The summed E-state index contributed by atoms with van der Waals surface area (Å²) in [5.74, 6) is 1.01.